The molecule has 0 aliphatic carbocycles. The third-order valence-electron chi connectivity index (χ3n) is 3.74. The van der Waals surface area contributed by atoms with Gasteiger partial charge in [-0.05, 0) is 25.5 Å². The second kappa shape index (κ2) is 6.85. The fraction of sp³-hybridized carbons (Fsp3) is 0.600. The zero-order chi connectivity index (χ0) is 14.7. The molecule has 1 aliphatic heterocycles. The summed E-state index contributed by atoms with van der Waals surface area (Å²) in [4.78, 5) is 2.27. The zero-order valence-electron chi connectivity index (χ0n) is 11.9. The minimum absolute atomic E-state index is 0.0862. The van der Waals surface area contributed by atoms with Crippen molar-refractivity contribution < 1.29 is 14.2 Å². The summed E-state index contributed by atoms with van der Waals surface area (Å²) in [6.07, 6.45) is -0.644. The molecule has 0 amide bonds. The van der Waals surface area contributed by atoms with Gasteiger partial charge in [-0.15, -0.1) is 0 Å². The molecule has 0 spiro atoms. The first-order valence-corrected chi connectivity index (χ1v) is 7.33. The number of halogens is 2. The standard InChI is InChI=1S/C15H21ClFNO2/c1-10(2)18-6-7-20-14(9-18)13(19)8-11-4-3-5-12(17)15(11)16/h3-5,10,13-14,19H,6-9H2,1-2H3. The van der Waals surface area contributed by atoms with Crippen LogP contribution in [0.25, 0.3) is 0 Å². The Morgan fingerprint density at radius 1 is 1.50 bits per heavy atom. The number of aliphatic hydroxyl groups is 1. The number of ether oxygens (including phenoxy) is 1. The Labute approximate surface area is 124 Å². The van der Waals surface area contributed by atoms with Crippen LogP contribution >= 0.6 is 11.6 Å². The molecular formula is C15H21ClFNO2. The maximum atomic E-state index is 13.4. The van der Waals surface area contributed by atoms with E-state index in [2.05, 4.69) is 18.7 Å². The van der Waals surface area contributed by atoms with E-state index in [4.69, 9.17) is 16.3 Å². The summed E-state index contributed by atoms with van der Waals surface area (Å²) in [5, 5.41) is 10.4. The van der Waals surface area contributed by atoms with Gasteiger partial charge in [0, 0.05) is 25.6 Å². The lowest BCUT2D eigenvalue weighted by atomic mass is 10.0. The lowest BCUT2D eigenvalue weighted by Crippen LogP contribution is -2.50. The average molecular weight is 302 g/mol. The summed E-state index contributed by atoms with van der Waals surface area (Å²) < 4.78 is 19.0. The molecule has 1 fully saturated rings. The van der Waals surface area contributed by atoms with Crippen LogP contribution in [0.3, 0.4) is 0 Å². The van der Waals surface area contributed by atoms with Crippen LogP contribution in [0.1, 0.15) is 19.4 Å². The minimum Gasteiger partial charge on any atom is -0.390 e. The van der Waals surface area contributed by atoms with E-state index in [0.717, 1.165) is 6.54 Å². The van der Waals surface area contributed by atoms with Gasteiger partial charge in [0.15, 0.2) is 0 Å². The quantitative estimate of drug-likeness (QED) is 0.927. The Balaban J connectivity index is 2.00. The molecule has 0 radical (unpaired) electrons. The minimum atomic E-state index is -0.684. The number of aliphatic hydroxyl groups excluding tert-OH is 1. The molecule has 3 nitrogen and oxygen atoms in total. The van der Waals surface area contributed by atoms with Gasteiger partial charge < -0.3 is 9.84 Å². The van der Waals surface area contributed by atoms with E-state index < -0.39 is 11.9 Å². The van der Waals surface area contributed by atoms with Crippen molar-refractivity contribution in [2.45, 2.75) is 38.5 Å². The van der Waals surface area contributed by atoms with Gasteiger partial charge in [0.05, 0.1) is 23.8 Å². The van der Waals surface area contributed by atoms with Crippen LogP contribution in [0.15, 0.2) is 18.2 Å². The first kappa shape index (κ1) is 15.7. The average Bonchev–Trinajstić information content (AvgIpc) is 2.44. The van der Waals surface area contributed by atoms with Crippen LogP contribution in [-0.4, -0.2) is 48.0 Å². The highest BCUT2D eigenvalue weighted by Gasteiger charge is 2.28. The molecule has 2 atom stereocenters. The Bertz CT molecular complexity index is 455. The van der Waals surface area contributed by atoms with E-state index in [1.54, 1.807) is 12.1 Å². The van der Waals surface area contributed by atoms with E-state index in [1.165, 1.54) is 6.07 Å². The fourth-order valence-electron chi connectivity index (χ4n) is 2.46. The smallest absolute Gasteiger partial charge is 0.142 e. The highest BCUT2D eigenvalue weighted by molar-refractivity contribution is 6.31. The largest absolute Gasteiger partial charge is 0.390 e. The molecule has 1 aromatic carbocycles. The van der Waals surface area contributed by atoms with Gasteiger partial charge in [0.1, 0.15) is 5.82 Å². The number of morpholine rings is 1. The third kappa shape index (κ3) is 3.70. The molecular weight excluding hydrogens is 281 g/mol. The predicted molar refractivity (Wildman–Crippen MR) is 77.6 cm³/mol. The molecule has 2 rings (SSSR count). The van der Waals surface area contributed by atoms with Gasteiger partial charge in [-0.25, -0.2) is 4.39 Å². The molecule has 1 N–H and O–H groups in total. The Hall–Kier alpha value is -0.680. The van der Waals surface area contributed by atoms with Gasteiger partial charge >= 0.3 is 0 Å². The third-order valence-corrected chi connectivity index (χ3v) is 4.17. The molecule has 20 heavy (non-hydrogen) atoms. The topological polar surface area (TPSA) is 32.7 Å². The second-order valence-corrected chi connectivity index (χ2v) is 5.86. The number of rotatable bonds is 4. The van der Waals surface area contributed by atoms with Crippen LogP contribution in [0, 0.1) is 5.82 Å². The molecule has 0 aromatic heterocycles. The van der Waals surface area contributed by atoms with E-state index in [-0.39, 0.29) is 11.1 Å². The van der Waals surface area contributed by atoms with Crippen molar-refractivity contribution in [3.05, 3.63) is 34.6 Å². The van der Waals surface area contributed by atoms with Crippen molar-refractivity contribution in [1.29, 1.82) is 0 Å². The molecule has 1 aromatic rings. The van der Waals surface area contributed by atoms with Crippen molar-refractivity contribution in [1.82, 2.24) is 4.90 Å². The molecule has 112 valence electrons. The van der Waals surface area contributed by atoms with E-state index in [0.29, 0.717) is 31.2 Å². The second-order valence-electron chi connectivity index (χ2n) is 5.48. The zero-order valence-corrected chi connectivity index (χ0v) is 12.6. The van der Waals surface area contributed by atoms with Gasteiger partial charge in [0.2, 0.25) is 0 Å². The highest BCUT2D eigenvalue weighted by Crippen LogP contribution is 2.23. The molecule has 5 heteroatoms. The molecule has 1 aliphatic rings. The predicted octanol–water partition coefficient (Wildman–Crippen LogP) is 2.49. The highest BCUT2D eigenvalue weighted by atomic mass is 35.5. The molecule has 1 heterocycles. The van der Waals surface area contributed by atoms with Crippen LogP contribution in [0.5, 0.6) is 0 Å². The number of hydrogen-bond donors (Lipinski definition) is 1. The van der Waals surface area contributed by atoms with Crippen LogP contribution in [0.2, 0.25) is 5.02 Å². The van der Waals surface area contributed by atoms with E-state index in [9.17, 15) is 9.50 Å². The van der Waals surface area contributed by atoms with Crippen LogP contribution in [0.4, 0.5) is 4.39 Å². The number of hydrogen-bond acceptors (Lipinski definition) is 3. The Morgan fingerprint density at radius 3 is 2.95 bits per heavy atom. The Kier molecular flexibility index (Phi) is 5.38. The SMILES string of the molecule is CC(C)N1CCOC(C(O)Cc2cccc(F)c2Cl)C1. The molecule has 1 saturated heterocycles. The maximum Gasteiger partial charge on any atom is 0.142 e. The molecule has 0 bridgehead atoms. The fourth-order valence-corrected chi connectivity index (χ4v) is 2.66. The van der Waals surface area contributed by atoms with Gasteiger partial charge in [-0.2, -0.15) is 0 Å². The summed E-state index contributed by atoms with van der Waals surface area (Å²) >= 11 is 5.92. The van der Waals surface area contributed by atoms with E-state index >= 15 is 0 Å². The maximum absolute atomic E-state index is 13.4. The normalized spacial score (nSPS) is 22.2. The summed E-state index contributed by atoms with van der Waals surface area (Å²) in [6.45, 7) is 6.42. The number of nitrogens with zero attached hydrogens (tertiary/aromatic N) is 1. The summed E-state index contributed by atoms with van der Waals surface area (Å²) in [5.41, 5.74) is 0.615. The molecule has 2 unspecified atom stereocenters. The molecule has 0 saturated carbocycles. The van der Waals surface area contributed by atoms with Crippen molar-refractivity contribution in [2.24, 2.45) is 0 Å². The lowest BCUT2D eigenvalue weighted by Gasteiger charge is -2.37. The van der Waals surface area contributed by atoms with Crippen LogP contribution < -0.4 is 0 Å². The first-order valence-electron chi connectivity index (χ1n) is 6.95. The van der Waals surface area contributed by atoms with Gasteiger partial charge in [-0.3, -0.25) is 4.90 Å². The summed E-state index contributed by atoms with van der Waals surface area (Å²) in [6, 6.07) is 5.07. The van der Waals surface area contributed by atoms with Crippen LogP contribution in [-0.2, 0) is 11.2 Å². The van der Waals surface area contributed by atoms with Gasteiger partial charge in [0.25, 0.3) is 0 Å². The Morgan fingerprint density at radius 2 is 2.25 bits per heavy atom. The monoisotopic (exact) mass is 301 g/mol. The van der Waals surface area contributed by atoms with Crippen molar-refractivity contribution >= 4 is 11.6 Å². The van der Waals surface area contributed by atoms with Crippen molar-refractivity contribution in [3.8, 4) is 0 Å². The van der Waals surface area contributed by atoms with E-state index in [1.807, 2.05) is 0 Å². The first-order chi connectivity index (χ1) is 9.49. The lowest BCUT2D eigenvalue weighted by molar-refractivity contribution is -0.0940. The van der Waals surface area contributed by atoms with Crippen molar-refractivity contribution in [3.63, 3.8) is 0 Å². The summed E-state index contributed by atoms with van der Waals surface area (Å²) in [5.74, 6) is -0.454. The van der Waals surface area contributed by atoms with Gasteiger partial charge in [-0.1, -0.05) is 23.7 Å². The summed E-state index contributed by atoms with van der Waals surface area (Å²) in [7, 11) is 0. The number of benzene rings is 1. The van der Waals surface area contributed by atoms with Crippen molar-refractivity contribution in [2.75, 3.05) is 19.7 Å².